The van der Waals surface area contributed by atoms with E-state index in [0.717, 1.165) is 13.2 Å². The van der Waals surface area contributed by atoms with Crippen molar-refractivity contribution in [2.24, 2.45) is 0 Å². The van der Waals surface area contributed by atoms with E-state index >= 15 is 0 Å². The molecule has 3 heteroatoms. The molecular weight excluding hydrogens is 118 g/mol. The monoisotopic (exact) mass is 131 g/mol. The normalized spacial score (nSPS) is 14.2. The minimum absolute atomic E-state index is 0. The maximum Gasteiger partial charge on any atom is 0.0587 e. The molecule has 0 atom stereocenters. The number of rotatable bonds is 0. The minimum atomic E-state index is 0. The van der Waals surface area contributed by atoms with Crippen LogP contribution in [0.2, 0.25) is 0 Å². The number of nitrogens with zero attached hydrogens (tertiary/aromatic N) is 1. The van der Waals surface area contributed by atoms with Crippen LogP contribution in [0.15, 0.2) is 0 Å². The lowest BCUT2D eigenvalue weighted by Gasteiger charge is -1.76. The Morgan fingerprint density at radius 1 is 1.33 bits per heavy atom. The van der Waals surface area contributed by atoms with Crippen molar-refractivity contribution in [3.05, 3.63) is 0 Å². The van der Waals surface area contributed by atoms with Crippen LogP contribution in [0.4, 0.5) is 0 Å². The van der Waals surface area contributed by atoms with Gasteiger partial charge in [-0.25, -0.2) is 0 Å². The molecule has 0 aromatic heterocycles. The highest BCUT2D eigenvalue weighted by Crippen LogP contribution is 1.98. The van der Waals surface area contributed by atoms with Crippen LogP contribution in [0.1, 0.15) is 19.8 Å². The van der Waals surface area contributed by atoms with Crippen molar-refractivity contribution in [3.8, 4) is 6.07 Å². The summed E-state index contributed by atoms with van der Waals surface area (Å²) < 4.78 is 4.94. The van der Waals surface area contributed by atoms with E-state index in [1.54, 1.807) is 6.07 Å². The van der Waals surface area contributed by atoms with E-state index in [0.29, 0.717) is 0 Å². The lowest BCUT2D eigenvalue weighted by atomic mass is 10.4. The first kappa shape index (κ1) is 11.2. The van der Waals surface area contributed by atoms with Crippen molar-refractivity contribution in [3.63, 3.8) is 0 Å². The highest BCUT2D eigenvalue weighted by atomic mass is 16.5. The molecule has 1 saturated heterocycles. The molecule has 1 fully saturated rings. The zero-order valence-corrected chi connectivity index (χ0v) is 5.68. The molecule has 1 aliphatic heterocycles. The third-order valence-corrected chi connectivity index (χ3v) is 0.827. The van der Waals surface area contributed by atoms with Crippen LogP contribution in [-0.2, 0) is 4.74 Å². The number of ether oxygens (including phenoxy) is 1. The maximum atomic E-state index is 7.32. The third kappa shape index (κ3) is 11.2. The van der Waals surface area contributed by atoms with Crippen molar-refractivity contribution in [1.29, 1.82) is 5.26 Å². The fourth-order valence-corrected chi connectivity index (χ4v) is 0.510. The fraction of sp³-hybridized carbons (Fsp3) is 0.833. The van der Waals surface area contributed by atoms with Crippen molar-refractivity contribution in [2.75, 3.05) is 13.2 Å². The van der Waals surface area contributed by atoms with E-state index < -0.39 is 0 Å². The van der Waals surface area contributed by atoms with Gasteiger partial charge in [-0.1, -0.05) is 0 Å². The van der Waals surface area contributed by atoms with Gasteiger partial charge in [0.2, 0.25) is 0 Å². The highest BCUT2D eigenvalue weighted by molar-refractivity contribution is 4.51. The molecular formula is C6H13NO2. The zero-order chi connectivity index (χ0) is 6.24. The van der Waals surface area contributed by atoms with Crippen LogP contribution in [0, 0.1) is 11.3 Å². The van der Waals surface area contributed by atoms with Gasteiger partial charge in [0.1, 0.15) is 0 Å². The van der Waals surface area contributed by atoms with Crippen LogP contribution >= 0.6 is 0 Å². The Morgan fingerprint density at radius 2 is 1.67 bits per heavy atom. The molecule has 54 valence electrons. The van der Waals surface area contributed by atoms with E-state index in [9.17, 15) is 0 Å². The first-order valence-electron chi connectivity index (χ1n) is 2.80. The summed E-state index contributed by atoms with van der Waals surface area (Å²) in [5.74, 6) is 0. The Labute approximate surface area is 55.6 Å². The summed E-state index contributed by atoms with van der Waals surface area (Å²) in [6, 6.07) is 1.75. The third-order valence-electron chi connectivity index (χ3n) is 0.827. The van der Waals surface area contributed by atoms with Crippen molar-refractivity contribution in [2.45, 2.75) is 19.8 Å². The first-order valence-corrected chi connectivity index (χ1v) is 2.80. The summed E-state index contributed by atoms with van der Waals surface area (Å²) in [5, 5.41) is 7.32. The maximum absolute atomic E-state index is 7.32. The van der Waals surface area contributed by atoms with Gasteiger partial charge in [0.25, 0.3) is 0 Å². The summed E-state index contributed by atoms with van der Waals surface area (Å²) in [6.45, 7) is 3.43. The molecule has 9 heavy (non-hydrogen) atoms. The van der Waals surface area contributed by atoms with Crippen LogP contribution in [0.3, 0.4) is 0 Å². The van der Waals surface area contributed by atoms with Crippen molar-refractivity contribution < 1.29 is 10.2 Å². The molecule has 0 spiro atoms. The molecule has 0 bridgehead atoms. The molecule has 2 N–H and O–H groups in total. The Morgan fingerprint density at radius 3 is 1.78 bits per heavy atom. The number of hydrogen-bond donors (Lipinski definition) is 0. The quantitative estimate of drug-likeness (QED) is 0.480. The van der Waals surface area contributed by atoms with E-state index in [-0.39, 0.29) is 5.48 Å². The lowest BCUT2D eigenvalue weighted by Crippen LogP contribution is -1.74. The predicted molar refractivity (Wildman–Crippen MR) is 35.0 cm³/mol. The van der Waals surface area contributed by atoms with Crippen molar-refractivity contribution in [1.82, 2.24) is 0 Å². The summed E-state index contributed by atoms with van der Waals surface area (Å²) in [7, 11) is 0. The largest absolute Gasteiger partial charge is 0.412 e. The molecule has 1 heterocycles. The van der Waals surface area contributed by atoms with Crippen molar-refractivity contribution >= 4 is 0 Å². The van der Waals surface area contributed by atoms with Gasteiger partial charge < -0.3 is 10.2 Å². The highest BCUT2D eigenvalue weighted by Gasteiger charge is 1.94. The Kier molecular flexibility index (Phi) is 13.0. The van der Waals surface area contributed by atoms with Crippen LogP contribution in [0.25, 0.3) is 0 Å². The van der Waals surface area contributed by atoms with Gasteiger partial charge in [-0.15, -0.1) is 0 Å². The molecule has 0 aromatic carbocycles. The minimum Gasteiger partial charge on any atom is -0.412 e. The molecule has 0 saturated carbocycles. The van der Waals surface area contributed by atoms with Crippen LogP contribution in [-0.4, -0.2) is 18.7 Å². The molecule has 0 radical (unpaired) electrons. The van der Waals surface area contributed by atoms with E-state index in [1.165, 1.54) is 19.8 Å². The van der Waals surface area contributed by atoms with Gasteiger partial charge in [-0.2, -0.15) is 5.26 Å². The second-order valence-corrected chi connectivity index (χ2v) is 1.54. The summed E-state index contributed by atoms with van der Waals surface area (Å²) in [5.41, 5.74) is 0. The number of nitriles is 1. The summed E-state index contributed by atoms with van der Waals surface area (Å²) >= 11 is 0. The SMILES string of the molecule is C1CCOC1.CC#N.O. The average molecular weight is 131 g/mol. The van der Waals surface area contributed by atoms with E-state index in [1.807, 2.05) is 0 Å². The van der Waals surface area contributed by atoms with Gasteiger partial charge >= 0.3 is 0 Å². The molecule has 0 aromatic rings. The lowest BCUT2D eigenvalue weighted by molar-refractivity contribution is 0.198. The Balaban J connectivity index is 0. The zero-order valence-electron chi connectivity index (χ0n) is 5.68. The second-order valence-electron chi connectivity index (χ2n) is 1.54. The predicted octanol–water partition coefficient (Wildman–Crippen LogP) is 0.502. The molecule has 0 unspecified atom stereocenters. The van der Waals surface area contributed by atoms with Gasteiger partial charge in [-0.3, -0.25) is 0 Å². The van der Waals surface area contributed by atoms with Gasteiger partial charge in [0.15, 0.2) is 0 Å². The standard InChI is InChI=1S/C4H8O.C2H3N.H2O/c1-2-4-5-3-1;1-2-3;/h1-4H2;1H3;1H2. The molecule has 0 amide bonds. The van der Waals surface area contributed by atoms with Gasteiger partial charge in [0, 0.05) is 20.1 Å². The summed E-state index contributed by atoms with van der Waals surface area (Å²) in [4.78, 5) is 0. The number of hydrogen-bond acceptors (Lipinski definition) is 2. The Hall–Kier alpha value is -0.590. The molecule has 1 aliphatic rings. The average Bonchev–Trinajstić information content (AvgIpc) is 2.17. The van der Waals surface area contributed by atoms with Crippen LogP contribution in [0.5, 0.6) is 0 Å². The van der Waals surface area contributed by atoms with Crippen LogP contribution < -0.4 is 0 Å². The first-order chi connectivity index (χ1) is 3.91. The topological polar surface area (TPSA) is 64.5 Å². The molecule has 0 aliphatic carbocycles. The smallest absolute Gasteiger partial charge is 0.0587 e. The van der Waals surface area contributed by atoms with E-state index in [4.69, 9.17) is 10.00 Å². The van der Waals surface area contributed by atoms with E-state index in [2.05, 4.69) is 0 Å². The van der Waals surface area contributed by atoms with Gasteiger partial charge in [0.05, 0.1) is 6.07 Å². The summed E-state index contributed by atoms with van der Waals surface area (Å²) in [6.07, 6.45) is 2.56. The van der Waals surface area contributed by atoms with Gasteiger partial charge in [-0.05, 0) is 12.8 Å². The Bertz CT molecular complexity index is 66.0. The molecule has 3 nitrogen and oxygen atoms in total. The second kappa shape index (κ2) is 10.4. The molecule has 1 rings (SSSR count). The fourth-order valence-electron chi connectivity index (χ4n) is 0.510.